The van der Waals surface area contributed by atoms with Gasteiger partial charge in [-0.3, -0.25) is 9.69 Å². The minimum Gasteiger partial charge on any atom is -0.379 e. The van der Waals surface area contributed by atoms with E-state index in [2.05, 4.69) is 32.2 Å². The normalized spacial score (nSPS) is 24.5. The summed E-state index contributed by atoms with van der Waals surface area (Å²) in [5.74, 6) is 1.48. The van der Waals surface area contributed by atoms with Crippen molar-refractivity contribution >= 4 is 11.7 Å². The molecule has 0 aliphatic carbocycles. The predicted molar refractivity (Wildman–Crippen MR) is 96.6 cm³/mol. The lowest BCUT2D eigenvalue weighted by Gasteiger charge is -2.27. The lowest BCUT2D eigenvalue weighted by atomic mass is 9.98. The van der Waals surface area contributed by atoms with Gasteiger partial charge < -0.3 is 15.0 Å². The van der Waals surface area contributed by atoms with E-state index in [-0.39, 0.29) is 11.9 Å². The van der Waals surface area contributed by atoms with Crippen molar-refractivity contribution < 1.29 is 9.53 Å². The van der Waals surface area contributed by atoms with Gasteiger partial charge in [0.2, 0.25) is 5.91 Å². The van der Waals surface area contributed by atoms with E-state index in [1.54, 1.807) is 0 Å². The second-order valence-electron chi connectivity index (χ2n) is 7.05. The molecule has 0 bridgehead atoms. The molecule has 2 fully saturated rings. The number of hydrogen-bond donors (Lipinski definition) is 1. The zero-order valence-electron chi connectivity index (χ0n) is 15.3. The number of amides is 1. The van der Waals surface area contributed by atoms with E-state index in [0.29, 0.717) is 12.5 Å². The van der Waals surface area contributed by atoms with Crippen LogP contribution in [-0.2, 0) is 9.53 Å². The van der Waals surface area contributed by atoms with Gasteiger partial charge in [-0.2, -0.15) is 5.10 Å². The number of aryl methyl sites for hydroxylation is 1. The standard InChI is InChI=1S/C18H29N5O2/c1-3-4-15-11-23(17-6-5-14(2)20-21-17)12-16(15)19-18(24)13-22-7-9-25-10-8-22/h5-6,15-16H,3-4,7-13H2,1-2H3,(H,19,24)/t15-,16-/m1/s1. The van der Waals surface area contributed by atoms with Crippen LogP contribution in [0.3, 0.4) is 0 Å². The van der Waals surface area contributed by atoms with E-state index >= 15 is 0 Å². The third-order valence-electron chi connectivity index (χ3n) is 5.03. The zero-order valence-corrected chi connectivity index (χ0v) is 15.3. The van der Waals surface area contributed by atoms with Crippen LogP contribution < -0.4 is 10.2 Å². The Hall–Kier alpha value is -1.73. The number of ether oxygens (including phenoxy) is 1. The van der Waals surface area contributed by atoms with Crippen LogP contribution in [0.25, 0.3) is 0 Å². The van der Waals surface area contributed by atoms with E-state index < -0.39 is 0 Å². The summed E-state index contributed by atoms with van der Waals surface area (Å²) in [6, 6.07) is 4.18. The van der Waals surface area contributed by atoms with Gasteiger partial charge in [-0.15, -0.1) is 5.10 Å². The molecule has 0 radical (unpaired) electrons. The third-order valence-corrected chi connectivity index (χ3v) is 5.03. The molecule has 1 aromatic heterocycles. The van der Waals surface area contributed by atoms with Gasteiger partial charge in [0.05, 0.1) is 31.5 Å². The molecule has 3 heterocycles. The van der Waals surface area contributed by atoms with Crippen molar-refractivity contribution in [1.82, 2.24) is 20.4 Å². The molecule has 1 aromatic rings. The van der Waals surface area contributed by atoms with Crippen LogP contribution in [0.5, 0.6) is 0 Å². The summed E-state index contributed by atoms with van der Waals surface area (Å²) in [6.07, 6.45) is 2.23. The largest absolute Gasteiger partial charge is 0.379 e. The van der Waals surface area contributed by atoms with Crippen molar-refractivity contribution in [3.05, 3.63) is 17.8 Å². The molecule has 0 unspecified atom stereocenters. The highest BCUT2D eigenvalue weighted by atomic mass is 16.5. The zero-order chi connectivity index (χ0) is 17.6. The molecule has 2 saturated heterocycles. The van der Waals surface area contributed by atoms with Gasteiger partial charge in [0.25, 0.3) is 0 Å². The maximum atomic E-state index is 12.5. The number of nitrogens with one attached hydrogen (secondary N) is 1. The first kappa shape index (κ1) is 18.1. The second-order valence-corrected chi connectivity index (χ2v) is 7.05. The summed E-state index contributed by atoms with van der Waals surface area (Å²) in [5, 5.41) is 11.7. The number of nitrogens with zero attached hydrogens (tertiary/aromatic N) is 4. The first-order valence-corrected chi connectivity index (χ1v) is 9.30. The number of carbonyl (C=O) groups excluding carboxylic acids is 1. The fraction of sp³-hybridized carbons (Fsp3) is 0.722. The average molecular weight is 347 g/mol. The molecule has 7 nitrogen and oxygen atoms in total. The van der Waals surface area contributed by atoms with Gasteiger partial charge in [-0.05, 0) is 31.4 Å². The summed E-state index contributed by atoms with van der Waals surface area (Å²) in [5.41, 5.74) is 0.920. The highest BCUT2D eigenvalue weighted by Crippen LogP contribution is 2.25. The van der Waals surface area contributed by atoms with Crippen molar-refractivity contribution in [3.8, 4) is 0 Å². The molecule has 1 amide bonds. The number of anilines is 1. The van der Waals surface area contributed by atoms with E-state index in [1.165, 1.54) is 0 Å². The number of morpholine rings is 1. The molecular weight excluding hydrogens is 318 g/mol. The fourth-order valence-electron chi connectivity index (χ4n) is 3.66. The van der Waals surface area contributed by atoms with E-state index in [0.717, 1.165) is 63.7 Å². The molecule has 1 N–H and O–H groups in total. The number of carbonyl (C=O) groups is 1. The first-order chi connectivity index (χ1) is 12.2. The lowest BCUT2D eigenvalue weighted by molar-refractivity contribution is -0.124. The van der Waals surface area contributed by atoms with Crippen molar-refractivity contribution in [2.75, 3.05) is 50.8 Å². The van der Waals surface area contributed by atoms with Gasteiger partial charge in [0.15, 0.2) is 5.82 Å². The van der Waals surface area contributed by atoms with Crippen LogP contribution in [0.15, 0.2) is 12.1 Å². The van der Waals surface area contributed by atoms with Gasteiger partial charge in [0, 0.05) is 26.2 Å². The van der Waals surface area contributed by atoms with Gasteiger partial charge >= 0.3 is 0 Å². The molecule has 25 heavy (non-hydrogen) atoms. The molecule has 0 aromatic carbocycles. The average Bonchev–Trinajstić information content (AvgIpc) is 2.99. The Bertz CT molecular complexity index is 559. The number of hydrogen-bond acceptors (Lipinski definition) is 6. The molecule has 138 valence electrons. The summed E-state index contributed by atoms with van der Waals surface area (Å²) in [4.78, 5) is 16.9. The highest BCUT2D eigenvalue weighted by molar-refractivity contribution is 5.78. The minimum atomic E-state index is 0.116. The maximum absolute atomic E-state index is 12.5. The van der Waals surface area contributed by atoms with Crippen molar-refractivity contribution in [1.29, 1.82) is 0 Å². The van der Waals surface area contributed by atoms with Gasteiger partial charge in [0.1, 0.15) is 0 Å². The van der Waals surface area contributed by atoms with Crippen molar-refractivity contribution in [2.24, 2.45) is 5.92 Å². The van der Waals surface area contributed by atoms with Crippen LogP contribution >= 0.6 is 0 Å². The van der Waals surface area contributed by atoms with E-state index in [1.807, 2.05) is 19.1 Å². The number of aromatic nitrogens is 2. The van der Waals surface area contributed by atoms with Crippen LogP contribution in [0, 0.1) is 12.8 Å². The Labute approximate surface area is 149 Å². The highest BCUT2D eigenvalue weighted by Gasteiger charge is 2.34. The Kier molecular flexibility index (Phi) is 6.20. The fourth-order valence-corrected chi connectivity index (χ4v) is 3.66. The third kappa shape index (κ3) is 4.89. The molecule has 2 atom stereocenters. The molecule has 7 heteroatoms. The molecule has 0 saturated carbocycles. The van der Waals surface area contributed by atoms with Crippen LogP contribution in [0.2, 0.25) is 0 Å². The first-order valence-electron chi connectivity index (χ1n) is 9.30. The lowest BCUT2D eigenvalue weighted by Crippen LogP contribution is -2.47. The smallest absolute Gasteiger partial charge is 0.234 e. The van der Waals surface area contributed by atoms with E-state index in [9.17, 15) is 4.79 Å². The monoisotopic (exact) mass is 347 g/mol. The Morgan fingerprint density at radius 3 is 2.76 bits per heavy atom. The summed E-state index contributed by atoms with van der Waals surface area (Å²) in [7, 11) is 0. The molecule has 2 aliphatic heterocycles. The predicted octanol–water partition coefficient (Wildman–Crippen LogP) is 0.838. The topological polar surface area (TPSA) is 70.6 Å². The van der Waals surface area contributed by atoms with Crippen LogP contribution in [0.1, 0.15) is 25.5 Å². The Balaban J connectivity index is 1.58. The Morgan fingerprint density at radius 1 is 1.28 bits per heavy atom. The van der Waals surface area contributed by atoms with Crippen molar-refractivity contribution in [3.63, 3.8) is 0 Å². The molecule has 3 rings (SSSR count). The van der Waals surface area contributed by atoms with E-state index in [4.69, 9.17) is 4.74 Å². The molecular formula is C18H29N5O2. The molecule has 0 spiro atoms. The SMILES string of the molecule is CCC[C@@H]1CN(c2ccc(C)nn2)C[C@H]1NC(=O)CN1CCOCC1. The quantitative estimate of drug-likeness (QED) is 0.822. The maximum Gasteiger partial charge on any atom is 0.234 e. The number of rotatable bonds is 6. The van der Waals surface area contributed by atoms with Gasteiger partial charge in [-0.25, -0.2) is 0 Å². The minimum absolute atomic E-state index is 0.116. The summed E-state index contributed by atoms with van der Waals surface area (Å²) in [6.45, 7) is 9.43. The summed E-state index contributed by atoms with van der Waals surface area (Å²) >= 11 is 0. The Morgan fingerprint density at radius 2 is 2.08 bits per heavy atom. The van der Waals surface area contributed by atoms with Crippen LogP contribution in [0.4, 0.5) is 5.82 Å². The van der Waals surface area contributed by atoms with Crippen molar-refractivity contribution in [2.45, 2.75) is 32.7 Å². The molecule has 2 aliphatic rings. The van der Waals surface area contributed by atoms with Crippen LogP contribution in [-0.4, -0.2) is 73.0 Å². The second kappa shape index (κ2) is 8.58. The van der Waals surface area contributed by atoms with Gasteiger partial charge in [-0.1, -0.05) is 13.3 Å². The summed E-state index contributed by atoms with van der Waals surface area (Å²) < 4.78 is 5.34.